The molecule has 0 aromatic heterocycles. The molecular weight excluding hydrogens is 368 g/mol. The van der Waals surface area contributed by atoms with Crippen LogP contribution in [0.1, 0.15) is 135 Å². The van der Waals surface area contributed by atoms with Gasteiger partial charge in [0.1, 0.15) is 6.10 Å². The highest BCUT2D eigenvalue weighted by atomic mass is 16.6. The molecule has 0 aromatic carbocycles. The summed E-state index contributed by atoms with van der Waals surface area (Å²) in [6.45, 7) is 0. The molecule has 1 rings (SSSR count). The molecule has 0 aromatic rings. The predicted molar refractivity (Wildman–Crippen MR) is 117 cm³/mol. The van der Waals surface area contributed by atoms with Crippen LogP contribution < -0.4 is 0 Å². The Hall–Kier alpha value is -0.200. The van der Waals surface area contributed by atoms with Gasteiger partial charge in [0.15, 0.2) is 0 Å². The summed E-state index contributed by atoms with van der Waals surface area (Å²) in [5.74, 6) is -5.57. The Morgan fingerprint density at radius 3 is 1.03 bits per heavy atom. The van der Waals surface area contributed by atoms with Gasteiger partial charge in [0, 0.05) is 6.42 Å². The van der Waals surface area contributed by atoms with Gasteiger partial charge in [-0.3, -0.25) is 0 Å². The van der Waals surface area contributed by atoms with Crippen molar-refractivity contribution in [3.05, 3.63) is 0 Å². The molecule has 1 unspecified atom stereocenters. The fraction of sp³-hybridized carbons (Fsp3) is 1.00. The Balaban J connectivity index is 2.40. The zero-order chi connectivity index (χ0) is 21.4. The minimum Gasteiger partial charge on any atom is -0.387 e. The maximum atomic E-state index is 10.1. The first-order valence-electron chi connectivity index (χ1n) is 12.5. The largest absolute Gasteiger partial charge is 0.387 e. The number of rotatable bonds is 0. The molecule has 0 spiro atoms. The van der Waals surface area contributed by atoms with Crippen molar-refractivity contribution in [1.82, 2.24) is 0 Å². The predicted octanol–water partition coefficient (Wildman–Crippen LogP) is 4.91. The molecule has 0 bridgehead atoms. The van der Waals surface area contributed by atoms with Crippen LogP contribution in [0.15, 0.2) is 0 Å². The molecule has 1 aliphatic carbocycles. The zero-order valence-corrected chi connectivity index (χ0v) is 18.7. The van der Waals surface area contributed by atoms with Crippen LogP contribution >= 0.6 is 0 Å². The van der Waals surface area contributed by atoms with Crippen LogP contribution in [0.3, 0.4) is 0 Å². The van der Waals surface area contributed by atoms with Crippen LogP contribution in [0.5, 0.6) is 0 Å². The average Bonchev–Trinajstić information content (AvgIpc) is 2.68. The Morgan fingerprint density at radius 1 is 0.414 bits per heavy atom. The third-order valence-corrected chi connectivity index (χ3v) is 6.56. The van der Waals surface area contributed by atoms with Crippen molar-refractivity contribution in [2.24, 2.45) is 0 Å². The summed E-state index contributed by atoms with van der Waals surface area (Å²) >= 11 is 0. The van der Waals surface area contributed by atoms with Gasteiger partial charge in [-0.05, 0) is 12.8 Å². The Bertz CT molecular complexity index is 383. The first kappa shape index (κ1) is 26.8. The van der Waals surface area contributed by atoms with Gasteiger partial charge in [-0.1, -0.05) is 116 Å². The molecular formula is C24H48O5. The van der Waals surface area contributed by atoms with Crippen LogP contribution in [0.2, 0.25) is 0 Å². The third kappa shape index (κ3) is 11.7. The molecule has 1 fully saturated rings. The van der Waals surface area contributed by atoms with Gasteiger partial charge in [0.2, 0.25) is 11.6 Å². The molecule has 1 atom stereocenters. The fourth-order valence-electron chi connectivity index (χ4n) is 4.37. The van der Waals surface area contributed by atoms with E-state index in [1.807, 2.05) is 0 Å². The van der Waals surface area contributed by atoms with Crippen LogP contribution in [-0.4, -0.2) is 43.2 Å². The quantitative estimate of drug-likeness (QED) is 0.361. The van der Waals surface area contributed by atoms with Gasteiger partial charge < -0.3 is 25.5 Å². The summed E-state index contributed by atoms with van der Waals surface area (Å²) in [5.41, 5.74) is 0. The second kappa shape index (κ2) is 15.6. The van der Waals surface area contributed by atoms with Crippen molar-refractivity contribution in [3.8, 4) is 0 Å². The van der Waals surface area contributed by atoms with E-state index in [0.29, 0.717) is 12.8 Å². The van der Waals surface area contributed by atoms with E-state index in [2.05, 4.69) is 0 Å². The highest BCUT2D eigenvalue weighted by Gasteiger charge is 2.51. The lowest BCUT2D eigenvalue weighted by atomic mass is 9.91. The molecule has 29 heavy (non-hydrogen) atoms. The van der Waals surface area contributed by atoms with Gasteiger partial charge >= 0.3 is 0 Å². The molecule has 5 heteroatoms. The van der Waals surface area contributed by atoms with E-state index in [4.69, 9.17) is 0 Å². The lowest BCUT2D eigenvalue weighted by Gasteiger charge is -2.38. The lowest BCUT2D eigenvalue weighted by molar-refractivity contribution is -0.386. The standard InChI is InChI=1S/C24H48O5/c25-22-20-18-16-14-12-10-8-6-4-2-1-3-5-7-9-11-13-15-17-19-21-23(26,27)24(22,28)29/h22,25-29H,1-21H2. The molecule has 0 amide bonds. The van der Waals surface area contributed by atoms with Gasteiger partial charge in [0.25, 0.3) is 0 Å². The van der Waals surface area contributed by atoms with Gasteiger partial charge in [-0.2, -0.15) is 0 Å². The summed E-state index contributed by atoms with van der Waals surface area (Å²) in [4.78, 5) is 0. The van der Waals surface area contributed by atoms with E-state index in [0.717, 1.165) is 32.1 Å². The third-order valence-electron chi connectivity index (χ3n) is 6.56. The summed E-state index contributed by atoms with van der Waals surface area (Å²) < 4.78 is 0. The van der Waals surface area contributed by atoms with Gasteiger partial charge in [-0.15, -0.1) is 0 Å². The molecule has 0 saturated heterocycles. The molecule has 174 valence electrons. The second-order valence-corrected chi connectivity index (χ2v) is 9.31. The Kier molecular flexibility index (Phi) is 14.4. The number of hydrogen-bond donors (Lipinski definition) is 5. The highest BCUT2D eigenvalue weighted by molar-refractivity contribution is 4.88. The van der Waals surface area contributed by atoms with Crippen molar-refractivity contribution in [1.29, 1.82) is 0 Å². The van der Waals surface area contributed by atoms with Crippen LogP contribution in [0.4, 0.5) is 0 Å². The van der Waals surface area contributed by atoms with Crippen molar-refractivity contribution in [2.45, 2.75) is 153 Å². The summed E-state index contributed by atoms with van der Waals surface area (Å²) in [6.07, 6.45) is 20.2. The van der Waals surface area contributed by atoms with E-state index in [1.165, 1.54) is 77.0 Å². The molecule has 5 nitrogen and oxygen atoms in total. The van der Waals surface area contributed by atoms with E-state index in [1.54, 1.807) is 0 Å². The first-order valence-corrected chi connectivity index (χ1v) is 12.5. The number of aliphatic hydroxyl groups is 5. The normalized spacial score (nSPS) is 28.2. The van der Waals surface area contributed by atoms with Gasteiger partial charge in [-0.25, -0.2) is 0 Å². The Labute approximate surface area is 178 Å². The SMILES string of the molecule is OC1CCCCCCCCCCCCCCCCCCCCCC(O)(O)C1(O)O. The van der Waals surface area contributed by atoms with Crippen LogP contribution in [-0.2, 0) is 0 Å². The second-order valence-electron chi connectivity index (χ2n) is 9.31. The fourth-order valence-corrected chi connectivity index (χ4v) is 4.37. The smallest absolute Gasteiger partial charge is 0.245 e. The zero-order valence-electron chi connectivity index (χ0n) is 18.7. The number of hydrogen-bond acceptors (Lipinski definition) is 5. The molecule has 5 N–H and O–H groups in total. The van der Waals surface area contributed by atoms with Crippen molar-refractivity contribution in [2.75, 3.05) is 0 Å². The minimum atomic E-state index is -2.89. The van der Waals surface area contributed by atoms with Crippen LogP contribution in [0.25, 0.3) is 0 Å². The van der Waals surface area contributed by atoms with Crippen molar-refractivity contribution < 1.29 is 25.5 Å². The Morgan fingerprint density at radius 2 is 0.690 bits per heavy atom. The summed E-state index contributed by atoms with van der Waals surface area (Å²) in [7, 11) is 0. The summed E-state index contributed by atoms with van der Waals surface area (Å²) in [5, 5.41) is 50.7. The maximum Gasteiger partial charge on any atom is 0.245 e. The topological polar surface area (TPSA) is 101 Å². The average molecular weight is 417 g/mol. The van der Waals surface area contributed by atoms with E-state index >= 15 is 0 Å². The molecule has 1 aliphatic rings. The molecule has 0 aliphatic heterocycles. The molecule has 0 radical (unpaired) electrons. The summed E-state index contributed by atoms with van der Waals surface area (Å²) in [6, 6.07) is 0. The van der Waals surface area contributed by atoms with Crippen LogP contribution in [0, 0.1) is 0 Å². The first-order chi connectivity index (χ1) is 13.9. The lowest BCUT2D eigenvalue weighted by Crippen LogP contribution is -2.61. The van der Waals surface area contributed by atoms with Crippen molar-refractivity contribution >= 4 is 0 Å². The maximum absolute atomic E-state index is 10.1. The monoisotopic (exact) mass is 416 g/mol. The van der Waals surface area contributed by atoms with E-state index in [9.17, 15) is 25.5 Å². The van der Waals surface area contributed by atoms with Crippen molar-refractivity contribution in [3.63, 3.8) is 0 Å². The molecule has 0 heterocycles. The van der Waals surface area contributed by atoms with E-state index < -0.39 is 17.7 Å². The van der Waals surface area contributed by atoms with E-state index in [-0.39, 0.29) is 12.8 Å². The van der Waals surface area contributed by atoms with Gasteiger partial charge in [0.05, 0.1) is 0 Å². The highest BCUT2D eigenvalue weighted by Crippen LogP contribution is 2.29. The minimum absolute atomic E-state index is 0.142. The number of aliphatic hydroxyl groups excluding tert-OH is 1. The molecule has 1 saturated carbocycles.